The van der Waals surface area contributed by atoms with E-state index in [9.17, 15) is 0 Å². The molecule has 0 aliphatic heterocycles. The Hall–Kier alpha value is -0.340. The Kier molecular flexibility index (Phi) is 10.9. The maximum absolute atomic E-state index is 2.56. The third-order valence-electron chi connectivity index (χ3n) is 2.98. The first-order valence-electron chi connectivity index (χ1n) is 6.76. The number of likely N-dealkylation sites (N-methyl/N-ethyl adjacent to an activating group) is 2. The molecule has 0 radical (unpaired) electrons. The second kappa shape index (κ2) is 11.2. The van der Waals surface area contributed by atoms with E-state index >= 15 is 0 Å². The maximum atomic E-state index is 2.56. The fourth-order valence-corrected chi connectivity index (χ4v) is 1.70. The molecule has 2 heteroatoms. The standard InChI is InChI=1S/C14H30N2/c1-5-8-10-12-16(7-3)14-13-15(4)11-9-6-2/h6,9H,5,7-8,10-14H2,1-4H3/b9-6-. The molecule has 0 saturated carbocycles. The fourth-order valence-electron chi connectivity index (χ4n) is 1.70. The molecule has 0 atom stereocenters. The Morgan fingerprint density at radius 3 is 2.31 bits per heavy atom. The molecule has 0 unspecified atom stereocenters. The van der Waals surface area contributed by atoms with Gasteiger partial charge in [0.1, 0.15) is 0 Å². The minimum atomic E-state index is 1.07. The fraction of sp³-hybridized carbons (Fsp3) is 0.857. The Bertz CT molecular complexity index is 166. The quantitative estimate of drug-likeness (QED) is 0.417. The van der Waals surface area contributed by atoms with Crippen molar-refractivity contribution >= 4 is 0 Å². The van der Waals surface area contributed by atoms with Crippen molar-refractivity contribution in [2.45, 2.75) is 40.0 Å². The van der Waals surface area contributed by atoms with Gasteiger partial charge in [-0.2, -0.15) is 0 Å². The summed E-state index contributed by atoms with van der Waals surface area (Å²) < 4.78 is 0. The van der Waals surface area contributed by atoms with Gasteiger partial charge in [0.2, 0.25) is 0 Å². The van der Waals surface area contributed by atoms with Crippen LogP contribution in [-0.4, -0.2) is 49.6 Å². The van der Waals surface area contributed by atoms with Gasteiger partial charge in [-0.25, -0.2) is 0 Å². The largest absolute Gasteiger partial charge is 0.302 e. The molecular formula is C14H30N2. The Morgan fingerprint density at radius 1 is 1.00 bits per heavy atom. The number of allylic oxidation sites excluding steroid dienone is 1. The van der Waals surface area contributed by atoms with Gasteiger partial charge in [-0.3, -0.25) is 0 Å². The zero-order valence-electron chi connectivity index (χ0n) is 11.7. The number of rotatable bonds is 10. The highest BCUT2D eigenvalue weighted by Crippen LogP contribution is 1.98. The van der Waals surface area contributed by atoms with E-state index in [0.717, 1.165) is 6.54 Å². The molecule has 0 amide bonds. The van der Waals surface area contributed by atoms with Crippen LogP contribution in [0.2, 0.25) is 0 Å². The predicted octanol–water partition coefficient (Wildman–Crippen LogP) is 3.01. The summed E-state index contributed by atoms with van der Waals surface area (Å²) in [6, 6.07) is 0. The van der Waals surface area contributed by atoms with E-state index in [2.05, 4.69) is 49.8 Å². The molecule has 0 aliphatic rings. The SMILES string of the molecule is C/C=C\CN(C)CCN(CC)CCCCC. The molecule has 0 aromatic carbocycles. The van der Waals surface area contributed by atoms with Crippen molar-refractivity contribution in [3.8, 4) is 0 Å². The summed E-state index contributed by atoms with van der Waals surface area (Å²) in [4.78, 5) is 4.93. The molecule has 0 saturated heterocycles. The van der Waals surface area contributed by atoms with Gasteiger partial charge in [-0.05, 0) is 33.5 Å². The van der Waals surface area contributed by atoms with E-state index in [1.807, 2.05) is 0 Å². The number of unbranched alkanes of at least 4 members (excludes halogenated alkanes) is 2. The zero-order chi connectivity index (χ0) is 12.2. The summed E-state index contributed by atoms with van der Waals surface area (Å²) in [5.74, 6) is 0. The van der Waals surface area contributed by atoms with Crippen LogP contribution in [0, 0.1) is 0 Å². The monoisotopic (exact) mass is 226 g/mol. The first kappa shape index (κ1) is 15.7. The van der Waals surface area contributed by atoms with Crippen LogP contribution in [0.1, 0.15) is 40.0 Å². The van der Waals surface area contributed by atoms with Crippen LogP contribution in [0.3, 0.4) is 0 Å². The van der Waals surface area contributed by atoms with Gasteiger partial charge >= 0.3 is 0 Å². The molecule has 2 nitrogen and oxygen atoms in total. The summed E-state index contributed by atoms with van der Waals surface area (Å²) in [6.45, 7) is 12.5. The van der Waals surface area contributed by atoms with Crippen molar-refractivity contribution in [2.75, 3.05) is 39.8 Å². The maximum Gasteiger partial charge on any atom is 0.0160 e. The van der Waals surface area contributed by atoms with Crippen LogP contribution in [0.25, 0.3) is 0 Å². The van der Waals surface area contributed by atoms with E-state index in [1.165, 1.54) is 45.4 Å². The molecule has 0 heterocycles. The first-order chi connectivity index (χ1) is 7.74. The Labute approximate surface area is 102 Å². The minimum Gasteiger partial charge on any atom is -0.302 e. The normalized spacial score (nSPS) is 12.1. The molecule has 0 aromatic rings. The molecule has 96 valence electrons. The molecule has 0 rings (SSSR count). The molecule has 0 spiro atoms. The Morgan fingerprint density at radius 2 is 1.75 bits per heavy atom. The lowest BCUT2D eigenvalue weighted by Gasteiger charge is -2.23. The molecular weight excluding hydrogens is 196 g/mol. The van der Waals surface area contributed by atoms with Crippen LogP contribution in [0.4, 0.5) is 0 Å². The van der Waals surface area contributed by atoms with Crippen LogP contribution in [0.5, 0.6) is 0 Å². The van der Waals surface area contributed by atoms with Crippen molar-refractivity contribution in [2.24, 2.45) is 0 Å². The summed E-state index contributed by atoms with van der Waals surface area (Å²) in [7, 11) is 2.19. The zero-order valence-corrected chi connectivity index (χ0v) is 11.7. The van der Waals surface area contributed by atoms with E-state index in [4.69, 9.17) is 0 Å². The molecule has 0 aromatic heterocycles. The van der Waals surface area contributed by atoms with Crippen LogP contribution in [-0.2, 0) is 0 Å². The van der Waals surface area contributed by atoms with Gasteiger partial charge in [0.25, 0.3) is 0 Å². The molecule has 0 bridgehead atoms. The van der Waals surface area contributed by atoms with Crippen molar-refractivity contribution in [3.63, 3.8) is 0 Å². The highest BCUT2D eigenvalue weighted by Gasteiger charge is 2.03. The van der Waals surface area contributed by atoms with Crippen LogP contribution in [0.15, 0.2) is 12.2 Å². The van der Waals surface area contributed by atoms with E-state index < -0.39 is 0 Å². The number of nitrogens with zero attached hydrogens (tertiary/aromatic N) is 2. The summed E-state index contributed by atoms with van der Waals surface area (Å²) in [5.41, 5.74) is 0. The summed E-state index contributed by atoms with van der Waals surface area (Å²) in [6.07, 6.45) is 8.37. The lowest BCUT2D eigenvalue weighted by Crippen LogP contribution is -2.33. The van der Waals surface area contributed by atoms with Crippen molar-refractivity contribution in [3.05, 3.63) is 12.2 Å². The summed E-state index contributed by atoms with van der Waals surface area (Å²) >= 11 is 0. The van der Waals surface area contributed by atoms with Crippen LogP contribution < -0.4 is 0 Å². The Balaban J connectivity index is 3.60. The molecule has 0 fully saturated rings. The topological polar surface area (TPSA) is 6.48 Å². The average molecular weight is 226 g/mol. The number of hydrogen-bond donors (Lipinski definition) is 0. The van der Waals surface area contributed by atoms with Gasteiger partial charge < -0.3 is 9.80 Å². The third kappa shape index (κ3) is 8.93. The van der Waals surface area contributed by atoms with Gasteiger partial charge in [-0.1, -0.05) is 38.8 Å². The van der Waals surface area contributed by atoms with E-state index in [0.29, 0.717) is 0 Å². The highest BCUT2D eigenvalue weighted by molar-refractivity contribution is 4.80. The average Bonchev–Trinajstić information content (AvgIpc) is 2.31. The first-order valence-corrected chi connectivity index (χ1v) is 6.76. The van der Waals surface area contributed by atoms with Crippen molar-refractivity contribution in [1.82, 2.24) is 9.80 Å². The van der Waals surface area contributed by atoms with Crippen molar-refractivity contribution < 1.29 is 0 Å². The van der Waals surface area contributed by atoms with Crippen LogP contribution >= 0.6 is 0 Å². The predicted molar refractivity (Wildman–Crippen MR) is 74.0 cm³/mol. The number of hydrogen-bond acceptors (Lipinski definition) is 2. The molecule has 0 aliphatic carbocycles. The van der Waals surface area contributed by atoms with Gasteiger partial charge in [0, 0.05) is 19.6 Å². The smallest absolute Gasteiger partial charge is 0.0160 e. The van der Waals surface area contributed by atoms with Gasteiger partial charge in [-0.15, -0.1) is 0 Å². The molecule has 16 heavy (non-hydrogen) atoms. The minimum absolute atomic E-state index is 1.07. The third-order valence-corrected chi connectivity index (χ3v) is 2.98. The molecule has 0 N–H and O–H groups in total. The lowest BCUT2D eigenvalue weighted by atomic mass is 10.2. The van der Waals surface area contributed by atoms with E-state index in [1.54, 1.807) is 0 Å². The van der Waals surface area contributed by atoms with Crippen molar-refractivity contribution in [1.29, 1.82) is 0 Å². The van der Waals surface area contributed by atoms with Gasteiger partial charge in [0.15, 0.2) is 0 Å². The second-order valence-electron chi connectivity index (χ2n) is 4.47. The van der Waals surface area contributed by atoms with Gasteiger partial charge in [0.05, 0.1) is 0 Å². The highest BCUT2D eigenvalue weighted by atomic mass is 15.2. The lowest BCUT2D eigenvalue weighted by molar-refractivity contribution is 0.238. The second-order valence-corrected chi connectivity index (χ2v) is 4.47. The summed E-state index contributed by atoms with van der Waals surface area (Å²) in [5, 5.41) is 0. The van der Waals surface area contributed by atoms with E-state index in [-0.39, 0.29) is 0 Å².